The lowest BCUT2D eigenvalue weighted by molar-refractivity contribution is -0.120. The number of morpholine rings is 1. The van der Waals surface area contributed by atoms with Crippen molar-refractivity contribution in [2.24, 2.45) is 0 Å². The number of benzene rings is 1. The van der Waals surface area contributed by atoms with E-state index in [4.69, 9.17) is 21.1 Å². The molecule has 6 heteroatoms. The molecule has 22 heavy (non-hydrogen) atoms. The molecule has 2 N–H and O–H groups in total. The smallest absolute Gasteiger partial charge is 0.243 e. The molecular weight excluding hydrogens is 304 g/mol. The Kier molecular flexibility index (Phi) is 5.18. The lowest BCUT2D eigenvalue weighted by Crippen LogP contribution is -2.48. The summed E-state index contributed by atoms with van der Waals surface area (Å²) < 4.78 is 11.2. The summed E-state index contributed by atoms with van der Waals surface area (Å²) in [6.45, 7) is 1.72. The number of carbonyl (C=O) groups excluding carboxylic acids is 1. The lowest BCUT2D eigenvalue weighted by Gasteiger charge is -2.23. The second-order valence-electron chi connectivity index (χ2n) is 5.74. The van der Waals surface area contributed by atoms with Gasteiger partial charge in [-0.2, -0.15) is 0 Å². The molecule has 0 aromatic heterocycles. The number of hydrogen-bond acceptors (Lipinski definition) is 4. The Bertz CT molecular complexity index is 526. The van der Waals surface area contributed by atoms with Crippen LogP contribution in [0.1, 0.15) is 25.7 Å². The number of amides is 1. The third-order valence-electron chi connectivity index (χ3n) is 4.03. The predicted octanol–water partition coefficient (Wildman–Crippen LogP) is 2.59. The molecule has 120 valence electrons. The summed E-state index contributed by atoms with van der Waals surface area (Å²) in [6.07, 6.45) is 4.87. The quantitative estimate of drug-likeness (QED) is 0.893. The third kappa shape index (κ3) is 3.91. The normalized spacial score (nSPS) is 22.5. The highest BCUT2D eigenvalue weighted by molar-refractivity contribution is 6.32. The van der Waals surface area contributed by atoms with E-state index >= 15 is 0 Å². The van der Waals surface area contributed by atoms with Crippen LogP contribution in [0.15, 0.2) is 18.2 Å². The molecule has 1 aliphatic heterocycles. The molecule has 1 atom stereocenters. The summed E-state index contributed by atoms with van der Waals surface area (Å²) in [5.41, 5.74) is 0.668. The number of hydrogen-bond donors (Lipinski definition) is 2. The maximum Gasteiger partial charge on any atom is 0.243 e. The predicted molar refractivity (Wildman–Crippen MR) is 85.6 cm³/mol. The van der Waals surface area contributed by atoms with E-state index in [1.165, 1.54) is 12.8 Å². The van der Waals surface area contributed by atoms with E-state index in [-0.39, 0.29) is 18.1 Å². The molecule has 0 bridgehead atoms. The van der Waals surface area contributed by atoms with Gasteiger partial charge in [0.25, 0.3) is 0 Å². The number of ether oxygens (including phenoxy) is 2. The first-order valence-electron chi connectivity index (χ1n) is 7.80. The number of halogens is 1. The van der Waals surface area contributed by atoms with Crippen LogP contribution >= 0.6 is 11.6 Å². The van der Waals surface area contributed by atoms with Crippen LogP contribution in [0.2, 0.25) is 5.02 Å². The van der Waals surface area contributed by atoms with Crippen LogP contribution in [0.25, 0.3) is 0 Å². The number of anilines is 1. The van der Waals surface area contributed by atoms with Gasteiger partial charge in [-0.25, -0.2) is 0 Å². The number of nitrogens with one attached hydrogen (secondary N) is 2. The molecule has 1 amide bonds. The summed E-state index contributed by atoms with van der Waals surface area (Å²) in [5, 5.41) is 6.50. The van der Waals surface area contributed by atoms with Crippen molar-refractivity contribution < 1.29 is 14.3 Å². The van der Waals surface area contributed by atoms with Crippen LogP contribution < -0.4 is 15.4 Å². The van der Waals surface area contributed by atoms with Crippen LogP contribution in [0.5, 0.6) is 5.75 Å². The summed E-state index contributed by atoms with van der Waals surface area (Å²) in [7, 11) is 0. The Morgan fingerprint density at radius 1 is 1.36 bits per heavy atom. The number of rotatable bonds is 4. The molecule has 1 heterocycles. The summed E-state index contributed by atoms with van der Waals surface area (Å²) in [5.74, 6) is 0.575. The maximum absolute atomic E-state index is 12.1. The van der Waals surface area contributed by atoms with Gasteiger partial charge in [0.15, 0.2) is 0 Å². The Morgan fingerprint density at radius 3 is 2.86 bits per heavy atom. The fraction of sp³-hybridized carbons (Fsp3) is 0.562. The van der Waals surface area contributed by atoms with E-state index in [9.17, 15) is 4.79 Å². The molecule has 5 nitrogen and oxygen atoms in total. The van der Waals surface area contributed by atoms with E-state index in [2.05, 4.69) is 10.6 Å². The highest BCUT2D eigenvalue weighted by atomic mass is 35.5. The highest BCUT2D eigenvalue weighted by Crippen LogP contribution is 2.31. The fourth-order valence-electron chi connectivity index (χ4n) is 2.82. The van der Waals surface area contributed by atoms with Gasteiger partial charge in [-0.05, 0) is 43.9 Å². The molecule has 1 aromatic rings. The van der Waals surface area contributed by atoms with Crippen LogP contribution in [-0.2, 0) is 9.53 Å². The van der Waals surface area contributed by atoms with Gasteiger partial charge in [-0.15, -0.1) is 0 Å². The largest absolute Gasteiger partial charge is 0.489 e. The lowest BCUT2D eigenvalue weighted by atomic mass is 10.2. The minimum atomic E-state index is -0.318. The third-order valence-corrected chi connectivity index (χ3v) is 4.33. The van der Waals surface area contributed by atoms with Crippen molar-refractivity contribution >= 4 is 23.2 Å². The molecule has 2 aliphatic rings. The van der Waals surface area contributed by atoms with Crippen molar-refractivity contribution in [3.63, 3.8) is 0 Å². The van der Waals surface area contributed by atoms with E-state index in [0.717, 1.165) is 12.8 Å². The van der Waals surface area contributed by atoms with Crippen LogP contribution in [0.4, 0.5) is 5.69 Å². The van der Waals surface area contributed by atoms with Crippen LogP contribution in [0, 0.1) is 0 Å². The van der Waals surface area contributed by atoms with Crippen molar-refractivity contribution in [2.75, 3.05) is 25.1 Å². The molecule has 1 aromatic carbocycles. The zero-order valence-corrected chi connectivity index (χ0v) is 13.2. The van der Waals surface area contributed by atoms with Gasteiger partial charge in [0.2, 0.25) is 5.91 Å². The molecule has 2 fully saturated rings. The van der Waals surface area contributed by atoms with Crippen LogP contribution in [-0.4, -0.2) is 37.8 Å². The van der Waals surface area contributed by atoms with Crippen molar-refractivity contribution in [3.8, 4) is 5.75 Å². The SMILES string of the molecule is O=C(Nc1ccc(OC2CCCC2)c(Cl)c1)[C@H]1COCCN1. The van der Waals surface area contributed by atoms with E-state index in [1.807, 2.05) is 12.1 Å². The summed E-state index contributed by atoms with van der Waals surface area (Å²) in [6, 6.07) is 5.05. The Balaban J connectivity index is 1.59. The standard InChI is InChI=1S/C16H21ClN2O3/c17-13-9-11(19-16(20)14-10-21-8-7-18-14)5-6-15(13)22-12-3-1-2-4-12/h5-6,9,12,14,18H,1-4,7-8,10H2,(H,19,20)/t14-/m1/s1. The van der Waals surface area contributed by atoms with Gasteiger partial charge >= 0.3 is 0 Å². The summed E-state index contributed by atoms with van der Waals surface area (Å²) in [4.78, 5) is 12.1. The number of carbonyl (C=O) groups is 1. The first kappa shape index (κ1) is 15.6. The fourth-order valence-corrected chi connectivity index (χ4v) is 3.05. The minimum Gasteiger partial charge on any atom is -0.489 e. The van der Waals surface area contributed by atoms with Gasteiger partial charge in [0, 0.05) is 12.2 Å². The topological polar surface area (TPSA) is 59.6 Å². The van der Waals surface area contributed by atoms with E-state index in [1.54, 1.807) is 6.07 Å². The van der Waals surface area contributed by atoms with E-state index in [0.29, 0.717) is 36.2 Å². The van der Waals surface area contributed by atoms with Crippen molar-refractivity contribution in [1.29, 1.82) is 0 Å². The highest BCUT2D eigenvalue weighted by Gasteiger charge is 2.22. The second-order valence-corrected chi connectivity index (χ2v) is 6.15. The van der Waals surface area contributed by atoms with Crippen molar-refractivity contribution in [2.45, 2.75) is 37.8 Å². The minimum absolute atomic E-state index is 0.111. The second kappa shape index (κ2) is 7.31. The average Bonchev–Trinajstić information content (AvgIpc) is 3.04. The van der Waals surface area contributed by atoms with Gasteiger partial charge in [-0.3, -0.25) is 4.79 Å². The average molecular weight is 325 g/mol. The Morgan fingerprint density at radius 2 is 2.18 bits per heavy atom. The van der Waals surface area contributed by atoms with Crippen molar-refractivity contribution in [1.82, 2.24) is 5.32 Å². The zero-order chi connectivity index (χ0) is 15.4. The first-order valence-corrected chi connectivity index (χ1v) is 8.18. The first-order chi connectivity index (χ1) is 10.7. The van der Waals surface area contributed by atoms with Gasteiger partial charge < -0.3 is 20.1 Å². The molecule has 0 unspecified atom stereocenters. The van der Waals surface area contributed by atoms with Crippen molar-refractivity contribution in [3.05, 3.63) is 23.2 Å². The molecule has 1 aliphatic carbocycles. The molecular formula is C16H21ClN2O3. The Labute approximate surface area is 135 Å². The van der Waals surface area contributed by atoms with Gasteiger partial charge in [0.1, 0.15) is 11.8 Å². The monoisotopic (exact) mass is 324 g/mol. The Hall–Kier alpha value is -1.30. The van der Waals surface area contributed by atoms with E-state index < -0.39 is 0 Å². The molecule has 1 saturated heterocycles. The summed E-state index contributed by atoms with van der Waals surface area (Å²) >= 11 is 6.26. The van der Waals surface area contributed by atoms with Gasteiger partial charge in [-0.1, -0.05) is 11.6 Å². The zero-order valence-electron chi connectivity index (χ0n) is 12.4. The maximum atomic E-state index is 12.1. The molecule has 3 rings (SSSR count). The molecule has 0 spiro atoms. The molecule has 0 radical (unpaired) electrons. The molecule has 1 saturated carbocycles. The van der Waals surface area contributed by atoms with Gasteiger partial charge in [0.05, 0.1) is 24.3 Å². The van der Waals surface area contributed by atoms with Crippen LogP contribution in [0.3, 0.4) is 0 Å².